The largest absolute Gasteiger partial charge is 0.416 e. The standard InChI is InChI=1S/C23H29F3N4O/c24-23(25,26)20-6-3-7-21(17-20)30-15-13-29(14-16-30)12-2-1-11-28-22(31)9-8-19-5-4-10-27-18-19/h3-7,10,17-18H,1-2,8-9,11-16H2,(H,28,31). The van der Waals surface area contributed by atoms with E-state index in [1.54, 1.807) is 18.5 Å². The van der Waals surface area contributed by atoms with Gasteiger partial charge in [0.05, 0.1) is 5.56 Å². The SMILES string of the molecule is O=C(CCc1cccnc1)NCCCCN1CCN(c2cccc(C(F)(F)F)c2)CC1. The number of amides is 1. The maximum absolute atomic E-state index is 12.9. The molecule has 0 aliphatic carbocycles. The van der Waals surface area contributed by atoms with Crippen LogP contribution < -0.4 is 10.2 Å². The summed E-state index contributed by atoms with van der Waals surface area (Å²) in [6.07, 6.45) is 2.22. The fraction of sp³-hybridized carbons (Fsp3) is 0.478. The van der Waals surface area contributed by atoms with E-state index >= 15 is 0 Å². The number of alkyl halides is 3. The number of halogens is 3. The molecular weight excluding hydrogens is 405 g/mol. The molecule has 0 bridgehead atoms. The molecule has 1 aliphatic rings. The van der Waals surface area contributed by atoms with Gasteiger partial charge >= 0.3 is 6.18 Å². The highest BCUT2D eigenvalue weighted by Crippen LogP contribution is 2.31. The van der Waals surface area contributed by atoms with Gasteiger partial charge in [0, 0.05) is 57.2 Å². The van der Waals surface area contributed by atoms with E-state index in [-0.39, 0.29) is 5.91 Å². The number of unbranched alkanes of at least 4 members (excludes halogenated alkanes) is 1. The quantitative estimate of drug-likeness (QED) is 0.611. The van der Waals surface area contributed by atoms with E-state index < -0.39 is 11.7 Å². The van der Waals surface area contributed by atoms with Crippen LogP contribution in [0, 0.1) is 0 Å². The lowest BCUT2D eigenvalue weighted by atomic mass is 10.1. The van der Waals surface area contributed by atoms with E-state index in [1.807, 2.05) is 17.0 Å². The summed E-state index contributed by atoms with van der Waals surface area (Å²) in [5.41, 5.74) is 1.08. The molecule has 0 radical (unpaired) electrons. The first-order chi connectivity index (χ1) is 14.9. The van der Waals surface area contributed by atoms with Gasteiger partial charge in [-0.1, -0.05) is 12.1 Å². The molecule has 5 nitrogen and oxygen atoms in total. The van der Waals surface area contributed by atoms with Crippen LogP contribution >= 0.6 is 0 Å². The molecule has 2 heterocycles. The van der Waals surface area contributed by atoms with Crippen LogP contribution in [0.1, 0.15) is 30.4 Å². The zero-order valence-electron chi connectivity index (χ0n) is 17.6. The van der Waals surface area contributed by atoms with E-state index in [2.05, 4.69) is 15.2 Å². The predicted molar refractivity (Wildman–Crippen MR) is 115 cm³/mol. The van der Waals surface area contributed by atoms with Gasteiger partial charge in [0.1, 0.15) is 0 Å². The highest BCUT2D eigenvalue weighted by atomic mass is 19.4. The number of aryl methyl sites for hydroxylation is 1. The molecule has 0 spiro atoms. The average Bonchev–Trinajstić information content (AvgIpc) is 2.78. The minimum Gasteiger partial charge on any atom is -0.369 e. The van der Waals surface area contributed by atoms with Crippen LogP contribution in [0.2, 0.25) is 0 Å². The number of piperazine rings is 1. The maximum Gasteiger partial charge on any atom is 0.416 e. The third-order valence-corrected chi connectivity index (χ3v) is 5.50. The second kappa shape index (κ2) is 11.1. The van der Waals surface area contributed by atoms with Gasteiger partial charge in [-0.25, -0.2) is 0 Å². The van der Waals surface area contributed by atoms with Gasteiger partial charge < -0.3 is 10.2 Å². The normalized spacial score (nSPS) is 15.1. The van der Waals surface area contributed by atoms with Crippen molar-refractivity contribution in [3.63, 3.8) is 0 Å². The molecule has 2 aromatic rings. The molecule has 1 fully saturated rings. The number of rotatable bonds is 9. The van der Waals surface area contributed by atoms with Crippen molar-refractivity contribution in [2.24, 2.45) is 0 Å². The Morgan fingerprint density at radius 1 is 1.06 bits per heavy atom. The van der Waals surface area contributed by atoms with Crippen LogP contribution in [0.5, 0.6) is 0 Å². The Balaban J connectivity index is 1.28. The van der Waals surface area contributed by atoms with Crippen molar-refractivity contribution >= 4 is 11.6 Å². The van der Waals surface area contributed by atoms with Crippen LogP contribution in [0.15, 0.2) is 48.8 Å². The second-order valence-electron chi connectivity index (χ2n) is 7.80. The smallest absolute Gasteiger partial charge is 0.369 e. The lowest BCUT2D eigenvalue weighted by Gasteiger charge is -2.36. The minimum absolute atomic E-state index is 0.0542. The first kappa shape index (κ1) is 23.1. The molecule has 3 rings (SSSR count). The summed E-state index contributed by atoms with van der Waals surface area (Å²) in [5.74, 6) is 0.0542. The first-order valence-electron chi connectivity index (χ1n) is 10.7. The fourth-order valence-electron chi connectivity index (χ4n) is 3.69. The fourth-order valence-corrected chi connectivity index (χ4v) is 3.69. The lowest BCUT2D eigenvalue weighted by molar-refractivity contribution is -0.137. The summed E-state index contributed by atoms with van der Waals surface area (Å²) in [6.45, 7) is 4.68. The zero-order valence-corrected chi connectivity index (χ0v) is 17.6. The molecule has 1 aromatic carbocycles. The van der Waals surface area contributed by atoms with Gasteiger partial charge in [0.2, 0.25) is 5.91 Å². The number of nitrogens with one attached hydrogen (secondary N) is 1. The maximum atomic E-state index is 12.9. The van der Waals surface area contributed by atoms with Crippen LogP contribution in [0.3, 0.4) is 0 Å². The van der Waals surface area contributed by atoms with Crippen molar-refractivity contribution in [2.75, 3.05) is 44.2 Å². The van der Waals surface area contributed by atoms with E-state index in [4.69, 9.17) is 0 Å². The molecule has 1 N–H and O–H groups in total. The number of aromatic nitrogens is 1. The topological polar surface area (TPSA) is 48.5 Å². The molecule has 31 heavy (non-hydrogen) atoms. The Bertz CT molecular complexity index is 821. The Labute approximate surface area is 181 Å². The molecule has 1 aromatic heterocycles. The van der Waals surface area contributed by atoms with Gasteiger partial charge in [0.25, 0.3) is 0 Å². The van der Waals surface area contributed by atoms with E-state index in [0.29, 0.717) is 38.2 Å². The lowest BCUT2D eigenvalue weighted by Crippen LogP contribution is -2.46. The summed E-state index contributed by atoms with van der Waals surface area (Å²) in [7, 11) is 0. The van der Waals surface area contributed by atoms with Crippen molar-refractivity contribution in [2.45, 2.75) is 31.9 Å². The van der Waals surface area contributed by atoms with E-state index in [0.717, 1.165) is 44.1 Å². The van der Waals surface area contributed by atoms with Crippen molar-refractivity contribution in [3.8, 4) is 0 Å². The molecule has 1 saturated heterocycles. The second-order valence-corrected chi connectivity index (χ2v) is 7.80. The highest BCUT2D eigenvalue weighted by molar-refractivity contribution is 5.76. The zero-order chi connectivity index (χ0) is 22.1. The molecule has 0 atom stereocenters. The first-order valence-corrected chi connectivity index (χ1v) is 10.7. The summed E-state index contributed by atoms with van der Waals surface area (Å²) in [4.78, 5) is 20.3. The minimum atomic E-state index is -4.31. The number of hydrogen-bond donors (Lipinski definition) is 1. The van der Waals surface area contributed by atoms with Gasteiger partial charge in [-0.3, -0.25) is 14.7 Å². The monoisotopic (exact) mass is 434 g/mol. The molecule has 168 valence electrons. The van der Waals surface area contributed by atoms with Crippen LogP contribution in [-0.2, 0) is 17.4 Å². The van der Waals surface area contributed by atoms with Crippen LogP contribution in [-0.4, -0.2) is 55.1 Å². The third-order valence-electron chi connectivity index (χ3n) is 5.50. The van der Waals surface area contributed by atoms with Crippen molar-refractivity contribution in [3.05, 3.63) is 59.9 Å². The Kier molecular flexibility index (Phi) is 8.28. The molecule has 1 amide bonds. The number of nitrogens with zero attached hydrogens (tertiary/aromatic N) is 3. The van der Waals surface area contributed by atoms with E-state index in [1.165, 1.54) is 12.1 Å². The molecular formula is C23H29F3N4O. The van der Waals surface area contributed by atoms with Crippen molar-refractivity contribution in [1.82, 2.24) is 15.2 Å². The van der Waals surface area contributed by atoms with Crippen LogP contribution in [0.4, 0.5) is 18.9 Å². The average molecular weight is 435 g/mol. The van der Waals surface area contributed by atoms with Crippen LogP contribution in [0.25, 0.3) is 0 Å². The van der Waals surface area contributed by atoms with Crippen molar-refractivity contribution < 1.29 is 18.0 Å². The number of carbonyl (C=O) groups excluding carboxylic acids is 1. The third kappa shape index (κ3) is 7.54. The van der Waals surface area contributed by atoms with Crippen molar-refractivity contribution in [1.29, 1.82) is 0 Å². The van der Waals surface area contributed by atoms with Gasteiger partial charge in [-0.15, -0.1) is 0 Å². The number of pyridine rings is 1. The summed E-state index contributed by atoms with van der Waals surface area (Å²) < 4.78 is 38.7. The van der Waals surface area contributed by atoms with Gasteiger partial charge in [-0.05, 0) is 55.6 Å². The number of hydrogen-bond acceptors (Lipinski definition) is 4. The molecule has 0 saturated carbocycles. The predicted octanol–water partition coefficient (Wildman–Crippen LogP) is 3.75. The summed E-state index contributed by atoms with van der Waals surface area (Å²) in [6, 6.07) is 9.38. The van der Waals surface area contributed by atoms with Gasteiger partial charge in [-0.2, -0.15) is 13.2 Å². The summed E-state index contributed by atoms with van der Waals surface area (Å²) >= 11 is 0. The Morgan fingerprint density at radius 3 is 2.58 bits per heavy atom. The van der Waals surface area contributed by atoms with Gasteiger partial charge in [0.15, 0.2) is 0 Å². The molecule has 0 unspecified atom stereocenters. The number of benzene rings is 1. The number of anilines is 1. The van der Waals surface area contributed by atoms with E-state index in [9.17, 15) is 18.0 Å². The Hall–Kier alpha value is -2.61. The summed E-state index contributed by atoms with van der Waals surface area (Å²) in [5, 5.41) is 2.96. The molecule has 1 aliphatic heterocycles. The number of carbonyl (C=O) groups is 1. The Morgan fingerprint density at radius 2 is 1.87 bits per heavy atom. The molecule has 8 heteroatoms. The highest BCUT2D eigenvalue weighted by Gasteiger charge is 2.31.